The molecule has 0 spiro atoms. The molecule has 7 nitrogen and oxygen atoms in total. The van der Waals surface area contributed by atoms with E-state index < -0.39 is 0 Å². The molecule has 0 N–H and O–H groups in total. The Morgan fingerprint density at radius 1 is 1.15 bits per heavy atom. The Kier molecular flexibility index (Phi) is 4.73. The Bertz CT molecular complexity index is 777. The van der Waals surface area contributed by atoms with E-state index in [0.717, 1.165) is 51.6 Å². The zero-order valence-corrected chi connectivity index (χ0v) is 16.3. The summed E-state index contributed by atoms with van der Waals surface area (Å²) in [6, 6.07) is 0. The highest BCUT2D eigenvalue weighted by Gasteiger charge is 2.34. The minimum Gasteiger partial charge on any atom is -0.373 e. The van der Waals surface area contributed by atoms with Crippen LogP contribution in [0.4, 0.5) is 0 Å². The van der Waals surface area contributed by atoms with Gasteiger partial charge in [-0.3, -0.25) is 9.58 Å². The fourth-order valence-corrected chi connectivity index (χ4v) is 5.09. The van der Waals surface area contributed by atoms with Gasteiger partial charge in [-0.15, -0.1) is 10.2 Å². The highest BCUT2D eigenvalue weighted by atomic mass is 16.5. The van der Waals surface area contributed by atoms with Gasteiger partial charge in [0.25, 0.3) is 0 Å². The first kappa shape index (κ1) is 17.4. The molecule has 5 rings (SSSR count). The monoisotopic (exact) mass is 370 g/mol. The predicted octanol–water partition coefficient (Wildman–Crippen LogP) is 2.75. The molecule has 1 saturated carbocycles. The van der Waals surface area contributed by atoms with E-state index in [9.17, 15) is 0 Å². The van der Waals surface area contributed by atoms with Crippen molar-refractivity contribution in [2.24, 2.45) is 5.92 Å². The van der Waals surface area contributed by atoms with Crippen LogP contribution in [0.2, 0.25) is 0 Å². The Hall–Kier alpha value is -1.73. The molecule has 0 aromatic carbocycles. The van der Waals surface area contributed by atoms with Gasteiger partial charge in [-0.25, -0.2) is 0 Å². The maximum Gasteiger partial charge on any atom is 0.147 e. The van der Waals surface area contributed by atoms with Crippen LogP contribution in [0.5, 0.6) is 0 Å². The van der Waals surface area contributed by atoms with Crippen molar-refractivity contribution in [2.45, 2.75) is 70.7 Å². The lowest BCUT2D eigenvalue weighted by Gasteiger charge is -2.31. The van der Waals surface area contributed by atoms with Crippen LogP contribution < -0.4 is 0 Å². The van der Waals surface area contributed by atoms with E-state index >= 15 is 0 Å². The summed E-state index contributed by atoms with van der Waals surface area (Å²) in [5.74, 6) is 3.57. The van der Waals surface area contributed by atoms with Crippen LogP contribution >= 0.6 is 0 Å². The van der Waals surface area contributed by atoms with Gasteiger partial charge in [-0.1, -0.05) is 12.8 Å². The second-order valence-electron chi connectivity index (χ2n) is 8.31. The van der Waals surface area contributed by atoms with Gasteiger partial charge in [-0.2, -0.15) is 5.10 Å². The summed E-state index contributed by atoms with van der Waals surface area (Å²) in [5, 5.41) is 13.5. The Balaban J connectivity index is 1.25. The van der Waals surface area contributed by atoms with Crippen molar-refractivity contribution < 1.29 is 4.74 Å². The van der Waals surface area contributed by atoms with E-state index in [-0.39, 0.29) is 6.10 Å². The molecule has 2 aromatic rings. The fraction of sp³-hybridized carbons (Fsp3) is 0.750. The van der Waals surface area contributed by atoms with E-state index in [1.54, 1.807) is 0 Å². The van der Waals surface area contributed by atoms with Crippen LogP contribution in [-0.4, -0.2) is 49.1 Å². The molecule has 146 valence electrons. The lowest BCUT2D eigenvalue weighted by Crippen LogP contribution is -2.38. The molecule has 3 aliphatic rings. The van der Waals surface area contributed by atoms with Gasteiger partial charge in [0.05, 0.1) is 18.8 Å². The first-order valence-corrected chi connectivity index (χ1v) is 10.6. The van der Waals surface area contributed by atoms with E-state index in [2.05, 4.69) is 37.9 Å². The van der Waals surface area contributed by atoms with Crippen LogP contribution in [0.25, 0.3) is 0 Å². The molecule has 0 radical (unpaired) electrons. The third-order valence-electron chi connectivity index (χ3n) is 6.59. The normalized spacial score (nSPS) is 26.7. The molecule has 0 unspecified atom stereocenters. The number of hydrogen-bond acceptors (Lipinski definition) is 5. The van der Waals surface area contributed by atoms with E-state index in [4.69, 9.17) is 4.74 Å². The second-order valence-corrected chi connectivity index (χ2v) is 8.31. The number of hydrogen-bond donors (Lipinski definition) is 0. The number of aryl methyl sites for hydroxylation is 1. The first-order valence-electron chi connectivity index (χ1n) is 10.6. The van der Waals surface area contributed by atoms with Crippen LogP contribution in [0.3, 0.4) is 0 Å². The zero-order chi connectivity index (χ0) is 18.2. The molecule has 1 aliphatic carbocycles. The summed E-state index contributed by atoms with van der Waals surface area (Å²) in [6.45, 7) is 7.96. The smallest absolute Gasteiger partial charge is 0.147 e. The molecule has 4 heterocycles. The van der Waals surface area contributed by atoms with Gasteiger partial charge in [0.2, 0.25) is 0 Å². The number of nitrogens with zero attached hydrogens (tertiary/aromatic N) is 6. The summed E-state index contributed by atoms with van der Waals surface area (Å²) in [5.41, 5.74) is 1.23. The summed E-state index contributed by atoms with van der Waals surface area (Å²) in [6.07, 6.45) is 10.7. The van der Waals surface area contributed by atoms with Gasteiger partial charge in [0.15, 0.2) is 0 Å². The number of ether oxygens (including phenoxy) is 1. The van der Waals surface area contributed by atoms with Crippen LogP contribution in [0.15, 0.2) is 12.4 Å². The summed E-state index contributed by atoms with van der Waals surface area (Å²) < 4.78 is 10.5. The van der Waals surface area contributed by atoms with E-state index in [1.165, 1.54) is 37.1 Å². The molecule has 1 saturated heterocycles. The first-order chi connectivity index (χ1) is 13.3. The Morgan fingerprint density at radius 3 is 2.85 bits per heavy atom. The van der Waals surface area contributed by atoms with E-state index in [1.807, 2.05) is 10.9 Å². The number of fused-ring (bicyclic) bond motifs is 1. The van der Waals surface area contributed by atoms with Crippen LogP contribution in [-0.2, 0) is 24.4 Å². The minimum absolute atomic E-state index is 0.180. The van der Waals surface area contributed by atoms with E-state index in [0.29, 0.717) is 11.8 Å². The van der Waals surface area contributed by atoms with Gasteiger partial charge in [0, 0.05) is 56.4 Å². The maximum atomic E-state index is 6.08. The molecule has 2 atom stereocenters. The number of rotatable bonds is 5. The van der Waals surface area contributed by atoms with Crippen LogP contribution in [0.1, 0.15) is 68.3 Å². The zero-order valence-electron chi connectivity index (χ0n) is 16.3. The molecule has 2 fully saturated rings. The number of aromatic nitrogens is 5. The van der Waals surface area contributed by atoms with Crippen molar-refractivity contribution in [2.75, 3.05) is 19.7 Å². The maximum absolute atomic E-state index is 6.08. The Labute approximate surface area is 160 Å². The van der Waals surface area contributed by atoms with Crippen molar-refractivity contribution in [3.8, 4) is 0 Å². The highest BCUT2D eigenvalue weighted by Crippen LogP contribution is 2.36. The van der Waals surface area contributed by atoms with Gasteiger partial charge in [-0.05, 0) is 26.2 Å². The fourth-order valence-electron chi connectivity index (χ4n) is 5.09. The standard InChI is InChI=1S/C20H30N6O/c1-2-25-13-17(11-21-25)19-16(7-10-27-19)12-24-8-9-26-18(14-24)22-23-20(26)15-5-3-4-6-15/h11,13,15-16,19H,2-10,12,14H2,1H3/t16-,19+/m0/s1. The molecule has 2 aliphatic heterocycles. The summed E-state index contributed by atoms with van der Waals surface area (Å²) in [4.78, 5) is 2.54. The van der Waals surface area contributed by atoms with Crippen molar-refractivity contribution in [3.63, 3.8) is 0 Å². The lowest BCUT2D eigenvalue weighted by molar-refractivity contribution is 0.0731. The van der Waals surface area contributed by atoms with Crippen LogP contribution in [0, 0.1) is 5.92 Å². The van der Waals surface area contributed by atoms with Gasteiger partial charge >= 0.3 is 0 Å². The topological polar surface area (TPSA) is 61.0 Å². The molecule has 27 heavy (non-hydrogen) atoms. The average molecular weight is 371 g/mol. The largest absolute Gasteiger partial charge is 0.373 e. The second kappa shape index (κ2) is 7.36. The van der Waals surface area contributed by atoms with Crippen molar-refractivity contribution >= 4 is 0 Å². The Morgan fingerprint density at radius 2 is 2.04 bits per heavy atom. The summed E-state index contributed by atoms with van der Waals surface area (Å²) in [7, 11) is 0. The van der Waals surface area contributed by atoms with Crippen molar-refractivity contribution in [1.82, 2.24) is 29.4 Å². The van der Waals surface area contributed by atoms with Crippen molar-refractivity contribution in [3.05, 3.63) is 29.6 Å². The van der Waals surface area contributed by atoms with Gasteiger partial charge < -0.3 is 9.30 Å². The minimum atomic E-state index is 0.180. The molecule has 0 bridgehead atoms. The SMILES string of the molecule is CCn1cc([C@@H]2OCC[C@H]2CN2CCn3c(nnc3C3CCCC3)C2)cn1. The highest BCUT2D eigenvalue weighted by molar-refractivity contribution is 5.12. The van der Waals surface area contributed by atoms with Crippen molar-refractivity contribution in [1.29, 1.82) is 0 Å². The predicted molar refractivity (Wildman–Crippen MR) is 101 cm³/mol. The third-order valence-corrected chi connectivity index (χ3v) is 6.59. The summed E-state index contributed by atoms with van der Waals surface area (Å²) >= 11 is 0. The lowest BCUT2D eigenvalue weighted by atomic mass is 9.96. The quantitative estimate of drug-likeness (QED) is 0.810. The molecule has 2 aromatic heterocycles. The molecule has 7 heteroatoms. The van der Waals surface area contributed by atoms with Gasteiger partial charge in [0.1, 0.15) is 11.6 Å². The third kappa shape index (κ3) is 3.31. The molecular weight excluding hydrogens is 340 g/mol. The molecule has 0 amide bonds. The average Bonchev–Trinajstić information content (AvgIpc) is 3.46. The molecular formula is C20H30N6O.